The highest BCUT2D eigenvalue weighted by molar-refractivity contribution is 5.49. The monoisotopic (exact) mass is 220 g/mol. The lowest BCUT2D eigenvalue weighted by Crippen LogP contribution is -2.36. The van der Waals surface area contributed by atoms with Crippen molar-refractivity contribution < 1.29 is 4.39 Å². The number of hydrogen-bond acceptors (Lipinski definition) is 1. The van der Waals surface area contributed by atoms with Gasteiger partial charge in [0.1, 0.15) is 5.82 Å². The van der Waals surface area contributed by atoms with E-state index in [1.807, 2.05) is 6.07 Å². The summed E-state index contributed by atoms with van der Waals surface area (Å²) in [5, 5.41) is 0. The van der Waals surface area contributed by atoms with Crippen LogP contribution in [0.25, 0.3) is 0 Å². The maximum Gasteiger partial charge on any atom is 0.125 e. The molecule has 1 heterocycles. The van der Waals surface area contributed by atoms with Gasteiger partial charge in [-0.2, -0.15) is 0 Å². The number of anilines is 1. The van der Waals surface area contributed by atoms with E-state index in [0.717, 1.165) is 12.1 Å². The third kappa shape index (κ3) is 2.55. The Morgan fingerprint density at radius 3 is 3.06 bits per heavy atom. The van der Waals surface area contributed by atoms with Crippen LogP contribution < -0.4 is 4.90 Å². The van der Waals surface area contributed by atoms with Crippen molar-refractivity contribution in [1.82, 2.24) is 0 Å². The summed E-state index contributed by atoms with van der Waals surface area (Å²) in [4.78, 5) is 2.26. The van der Waals surface area contributed by atoms with E-state index in [1.165, 1.54) is 31.7 Å². The van der Waals surface area contributed by atoms with Crippen molar-refractivity contribution in [2.75, 3.05) is 4.90 Å². The zero-order valence-electron chi connectivity index (χ0n) is 9.82. The van der Waals surface area contributed by atoms with E-state index in [-0.39, 0.29) is 5.82 Å². The summed E-state index contributed by atoms with van der Waals surface area (Å²) in [7, 11) is 0. The van der Waals surface area contributed by atoms with E-state index in [4.69, 9.17) is 0 Å². The molecule has 0 amide bonds. The maximum absolute atomic E-state index is 13.2. The average molecular weight is 220 g/mol. The number of hydrogen-bond donors (Lipinski definition) is 0. The smallest absolute Gasteiger partial charge is 0.125 e. The number of rotatable bonds is 3. The maximum atomic E-state index is 13.2. The van der Waals surface area contributed by atoms with Gasteiger partial charge in [0.25, 0.3) is 0 Å². The van der Waals surface area contributed by atoms with Gasteiger partial charge in [0, 0.05) is 18.3 Å². The topological polar surface area (TPSA) is 3.24 Å². The first-order valence-corrected chi connectivity index (χ1v) is 6.18. The molecular weight excluding hydrogens is 201 g/mol. The molecule has 1 nitrogen and oxygen atoms in total. The summed E-state index contributed by atoms with van der Waals surface area (Å²) < 4.78 is 13.2. The van der Waals surface area contributed by atoms with Crippen LogP contribution in [0.5, 0.6) is 0 Å². The third-order valence-corrected chi connectivity index (χ3v) is 3.19. The minimum Gasteiger partial charge on any atom is -0.363 e. The number of piperidine rings is 1. The number of halogens is 1. The van der Waals surface area contributed by atoms with Crippen LogP contribution in [0.2, 0.25) is 0 Å². The molecule has 0 aliphatic carbocycles. The molecule has 0 aromatic heterocycles. The number of benzene rings is 1. The van der Waals surface area contributed by atoms with Crippen molar-refractivity contribution in [3.63, 3.8) is 0 Å². The zero-order valence-corrected chi connectivity index (χ0v) is 9.82. The van der Waals surface area contributed by atoms with Crippen molar-refractivity contribution >= 4 is 5.69 Å². The zero-order chi connectivity index (χ0) is 11.4. The summed E-state index contributed by atoms with van der Waals surface area (Å²) in [5.74, 6) is -0.147. The predicted molar refractivity (Wildman–Crippen MR) is 65.7 cm³/mol. The van der Waals surface area contributed by atoms with E-state index in [1.54, 1.807) is 12.1 Å². The second kappa shape index (κ2) is 5.33. The minimum absolute atomic E-state index is 0.147. The van der Waals surface area contributed by atoms with E-state index in [9.17, 15) is 4.39 Å². The van der Waals surface area contributed by atoms with Crippen molar-refractivity contribution in [2.24, 2.45) is 0 Å². The Morgan fingerprint density at radius 1 is 1.44 bits per heavy atom. The molecule has 0 bridgehead atoms. The van der Waals surface area contributed by atoms with Crippen molar-refractivity contribution in [1.29, 1.82) is 0 Å². The minimum atomic E-state index is -0.147. The van der Waals surface area contributed by atoms with Crippen LogP contribution >= 0.6 is 0 Å². The molecule has 1 aromatic carbocycles. The van der Waals surface area contributed by atoms with Crippen LogP contribution in [0.1, 0.15) is 39.0 Å². The van der Waals surface area contributed by atoms with Gasteiger partial charge in [-0.25, -0.2) is 4.39 Å². The normalized spacial score (nSPS) is 21.1. The van der Waals surface area contributed by atoms with Gasteiger partial charge >= 0.3 is 0 Å². The van der Waals surface area contributed by atoms with E-state index < -0.39 is 0 Å². The fourth-order valence-electron chi connectivity index (χ4n) is 2.44. The van der Waals surface area contributed by atoms with Gasteiger partial charge in [-0.15, -0.1) is 0 Å². The van der Waals surface area contributed by atoms with Gasteiger partial charge in [0.15, 0.2) is 0 Å². The molecule has 87 valence electrons. The van der Waals surface area contributed by atoms with Crippen molar-refractivity contribution in [3.05, 3.63) is 36.6 Å². The molecule has 0 spiro atoms. The molecule has 0 saturated carbocycles. The molecular formula is C14H19FN. The quantitative estimate of drug-likeness (QED) is 0.739. The van der Waals surface area contributed by atoms with Crippen molar-refractivity contribution in [2.45, 2.75) is 45.1 Å². The van der Waals surface area contributed by atoms with Crippen LogP contribution in [0.3, 0.4) is 0 Å². The van der Waals surface area contributed by atoms with Gasteiger partial charge in [-0.1, -0.05) is 19.4 Å². The molecule has 0 N–H and O–H groups in total. The summed E-state index contributed by atoms with van der Waals surface area (Å²) in [6.07, 6.45) is 5.96. The predicted octanol–water partition coefficient (Wildman–Crippen LogP) is 4.15. The summed E-state index contributed by atoms with van der Waals surface area (Å²) in [6.45, 7) is 4.43. The van der Waals surface area contributed by atoms with E-state index in [0.29, 0.717) is 6.04 Å². The Bertz CT molecular complexity index is 335. The first-order valence-electron chi connectivity index (χ1n) is 6.18. The SMILES string of the molecule is CCC[C@H]1CCC[CH]N1c1cccc(F)c1. The molecule has 1 aromatic rings. The molecule has 2 rings (SSSR count). The Kier molecular flexibility index (Phi) is 3.81. The van der Waals surface area contributed by atoms with Gasteiger partial charge in [-0.05, 0) is 43.9 Å². The van der Waals surface area contributed by atoms with Gasteiger partial charge in [0.2, 0.25) is 0 Å². The highest BCUT2D eigenvalue weighted by Gasteiger charge is 2.22. The molecule has 2 heteroatoms. The molecule has 1 saturated heterocycles. The van der Waals surface area contributed by atoms with Crippen LogP contribution in [0.15, 0.2) is 24.3 Å². The molecule has 1 aliphatic rings. The van der Waals surface area contributed by atoms with E-state index in [2.05, 4.69) is 18.4 Å². The molecule has 0 unspecified atom stereocenters. The Balaban J connectivity index is 2.16. The Labute approximate surface area is 97.3 Å². The van der Waals surface area contributed by atoms with Crippen LogP contribution in [0, 0.1) is 12.4 Å². The lowest BCUT2D eigenvalue weighted by molar-refractivity contribution is 0.467. The fourth-order valence-corrected chi connectivity index (χ4v) is 2.44. The number of nitrogens with zero attached hydrogens (tertiary/aromatic N) is 1. The van der Waals surface area contributed by atoms with E-state index >= 15 is 0 Å². The highest BCUT2D eigenvalue weighted by Crippen LogP contribution is 2.29. The van der Waals surface area contributed by atoms with Crippen LogP contribution in [-0.2, 0) is 0 Å². The Hall–Kier alpha value is -1.05. The molecule has 1 atom stereocenters. The lowest BCUT2D eigenvalue weighted by Gasteiger charge is -2.37. The third-order valence-electron chi connectivity index (χ3n) is 3.19. The average Bonchev–Trinajstić information content (AvgIpc) is 2.30. The second-order valence-corrected chi connectivity index (χ2v) is 4.44. The van der Waals surface area contributed by atoms with Gasteiger partial charge < -0.3 is 4.90 Å². The molecule has 16 heavy (non-hydrogen) atoms. The first kappa shape index (κ1) is 11.4. The lowest BCUT2D eigenvalue weighted by atomic mass is 9.97. The van der Waals surface area contributed by atoms with Gasteiger partial charge in [0.05, 0.1) is 0 Å². The summed E-state index contributed by atoms with van der Waals surface area (Å²) in [6, 6.07) is 7.47. The second-order valence-electron chi connectivity index (χ2n) is 4.44. The first-order chi connectivity index (χ1) is 7.81. The Morgan fingerprint density at radius 2 is 2.31 bits per heavy atom. The molecule has 1 aliphatic heterocycles. The largest absolute Gasteiger partial charge is 0.363 e. The molecule has 1 fully saturated rings. The molecule has 1 radical (unpaired) electrons. The standard InChI is InChI=1S/C14H19FN/c1-2-6-13-8-3-4-10-16(13)14-9-5-7-12(15)11-14/h5,7,9-11,13H,2-4,6,8H2,1H3/t13-/m0/s1. The summed E-state index contributed by atoms with van der Waals surface area (Å²) >= 11 is 0. The van der Waals surface area contributed by atoms with Gasteiger partial charge in [-0.3, -0.25) is 0 Å². The van der Waals surface area contributed by atoms with Crippen molar-refractivity contribution in [3.8, 4) is 0 Å². The summed E-state index contributed by atoms with van der Waals surface area (Å²) in [5.41, 5.74) is 0.998. The van der Waals surface area contributed by atoms with Crippen LogP contribution in [0.4, 0.5) is 10.1 Å². The fraction of sp³-hybridized carbons (Fsp3) is 0.500. The van der Waals surface area contributed by atoms with Crippen LogP contribution in [-0.4, -0.2) is 6.04 Å². The highest BCUT2D eigenvalue weighted by atomic mass is 19.1.